The molecule has 1 atom stereocenters. The molecule has 0 radical (unpaired) electrons. The standard InChI is InChI=1S/C22H14BrF2N5O4/c23-13-2-4-17-26-8-14(30(17)10-13)5-6-22(19(32)27-21(33)28-22)11-29-9-12-1-3-15(34-20(24)25)7-16(12)18(29)31/h1-4,7-8,10,20H,9,11H2,(H2,27,28,32,33). The van der Waals surface area contributed by atoms with Crippen molar-refractivity contribution in [3.8, 4) is 17.6 Å². The molecule has 0 bridgehead atoms. The third kappa shape index (κ3) is 3.84. The van der Waals surface area contributed by atoms with Crippen molar-refractivity contribution in [1.29, 1.82) is 0 Å². The van der Waals surface area contributed by atoms with Gasteiger partial charge in [-0.25, -0.2) is 9.78 Å². The van der Waals surface area contributed by atoms with E-state index in [-0.39, 0.29) is 24.4 Å². The van der Waals surface area contributed by atoms with Crippen LogP contribution in [0.3, 0.4) is 0 Å². The zero-order valence-corrected chi connectivity index (χ0v) is 18.7. The van der Waals surface area contributed by atoms with E-state index in [2.05, 4.69) is 48.1 Å². The van der Waals surface area contributed by atoms with Crippen LogP contribution in [0.2, 0.25) is 0 Å². The van der Waals surface area contributed by atoms with Crippen LogP contribution in [0, 0.1) is 11.8 Å². The van der Waals surface area contributed by atoms with Gasteiger partial charge in [-0.15, -0.1) is 0 Å². The molecule has 172 valence electrons. The molecular formula is C22H14BrF2N5O4. The lowest BCUT2D eigenvalue weighted by Gasteiger charge is -2.26. The molecule has 2 aromatic heterocycles. The number of nitrogens with one attached hydrogen (secondary N) is 2. The highest BCUT2D eigenvalue weighted by Crippen LogP contribution is 2.29. The van der Waals surface area contributed by atoms with Crippen LogP contribution in [0.1, 0.15) is 21.6 Å². The zero-order chi connectivity index (χ0) is 24.0. The molecule has 1 unspecified atom stereocenters. The van der Waals surface area contributed by atoms with E-state index in [4.69, 9.17) is 0 Å². The Morgan fingerprint density at radius 2 is 2.06 bits per heavy atom. The second-order valence-electron chi connectivity index (χ2n) is 7.64. The Morgan fingerprint density at radius 3 is 2.79 bits per heavy atom. The van der Waals surface area contributed by atoms with Gasteiger partial charge in [0, 0.05) is 22.8 Å². The molecule has 1 fully saturated rings. The predicted molar refractivity (Wildman–Crippen MR) is 117 cm³/mol. The third-order valence-electron chi connectivity index (χ3n) is 5.43. The first-order chi connectivity index (χ1) is 16.2. The molecule has 5 rings (SSSR count). The van der Waals surface area contributed by atoms with E-state index in [1.54, 1.807) is 16.7 Å². The maximum Gasteiger partial charge on any atom is 0.387 e. The number of ether oxygens (including phenoxy) is 1. The van der Waals surface area contributed by atoms with Gasteiger partial charge in [0.25, 0.3) is 11.8 Å². The number of alkyl halides is 2. The summed E-state index contributed by atoms with van der Waals surface area (Å²) in [5, 5.41) is 4.68. The number of fused-ring (bicyclic) bond motifs is 2. The number of rotatable bonds is 4. The fourth-order valence-corrected chi connectivity index (χ4v) is 4.22. The molecule has 2 aliphatic heterocycles. The molecule has 3 aromatic rings. The van der Waals surface area contributed by atoms with Gasteiger partial charge in [-0.3, -0.25) is 19.3 Å². The van der Waals surface area contributed by atoms with Crippen LogP contribution < -0.4 is 15.4 Å². The number of halogens is 3. The number of imidazole rings is 1. The summed E-state index contributed by atoms with van der Waals surface area (Å²) in [7, 11) is 0. The van der Waals surface area contributed by atoms with Crippen molar-refractivity contribution in [3.63, 3.8) is 0 Å². The average Bonchev–Trinajstić information content (AvgIpc) is 3.40. The minimum Gasteiger partial charge on any atom is -0.435 e. The van der Waals surface area contributed by atoms with Crippen molar-refractivity contribution in [1.82, 2.24) is 24.9 Å². The van der Waals surface area contributed by atoms with Crippen molar-refractivity contribution in [2.75, 3.05) is 6.54 Å². The summed E-state index contributed by atoms with van der Waals surface area (Å²) in [6.45, 7) is -3.17. The van der Waals surface area contributed by atoms with Gasteiger partial charge in [0.05, 0.1) is 12.7 Å². The first kappa shape index (κ1) is 21.8. The summed E-state index contributed by atoms with van der Waals surface area (Å²) in [4.78, 5) is 43.3. The Kier molecular flexibility index (Phi) is 5.21. The minimum atomic E-state index is -3.03. The minimum absolute atomic E-state index is 0.109. The first-order valence-corrected chi connectivity index (χ1v) is 10.7. The summed E-state index contributed by atoms with van der Waals surface area (Å²) >= 11 is 3.38. The zero-order valence-electron chi connectivity index (χ0n) is 17.1. The normalized spacial score (nSPS) is 19.2. The summed E-state index contributed by atoms with van der Waals surface area (Å²) in [6, 6.07) is 6.93. The summed E-state index contributed by atoms with van der Waals surface area (Å²) in [5.41, 5.74) is 0.138. The van der Waals surface area contributed by atoms with E-state index >= 15 is 0 Å². The molecule has 1 saturated heterocycles. The van der Waals surface area contributed by atoms with E-state index in [9.17, 15) is 23.2 Å². The maximum absolute atomic E-state index is 13.0. The Hall–Kier alpha value is -3.98. The SMILES string of the molecule is O=C1NC(=O)C(C#Cc2cnc3ccc(Br)cn23)(CN2Cc3ccc(OC(F)F)cc3C2=O)N1. The highest BCUT2D eigenvalue weighted by Gasteiger charge is 2.48. The number of hydrogen-bond donors (Lipinski definition) is 2. The van der Waals surface area contributed by atoms with Crippen molar-refractivity contribution in [2.45, 2.75) is 18.7 Å². The van der Waals surface area contributed by atoms with Crippen molar-refractivity contribution < 1.29 is 27.9 Å². The van der Waals surface area contributed by atoms with Crippen LogP contribution in [-0.2, 0) is 11.3 Å². The Labute approximate surface area is 199 Å². The lowest BCUT2D eigenvalue weighted by Crippen LogP contribution is -2.54. The van der Waals surface area contributed by atoms with Crippen LogP contribution in [0.15, 0.2) is 47.2 Å². The van der Waals surface area contributed by atoms with Crippen LogP contribution in [-0.4, -0.2) is 50.8 Å². The number of pyridine rings is 1. The van der Waals surface area contributed by atoms with E-state index < -0.39 is 30.0 Å². The highest BCUT2D eigenvalue weighted by molar-refractivity contribution is 9.10. The summed E-state index contributed by atoms with van der Waals surface area (Å²) in [5.74, 6) is 4.35. The number of carbonyl (C=O) groups excluding carboxylic acids is 3. The number of nitrogens with zero attached hydrogens (tertiary/aromatic N) is 3. The van der Waals surface area contributed by atoms with E-state index in [1.165, 1.54) is 29.3 Å². The van der Waals surface area contributed by atoms with Gasteiger partial charge in [-0.05, 0) is 51.7 Å². The van der Waals surface area contributed by atoms with Crippen molar-refractivity contribution >= 4 is 39.4 Å². The molecule has 2 aliphatic rings. The number of amides is 4. The lowest BCUT2D eigenvalue weighted by atomic mass is 9.99. The molecule has 0 saturated carbocycles. The van der Waals surface area contributed by atoms with Gasteiger partial charge in [0.2, 0.25) is 5.54 Å². The molecule has 4 heterocycles. The summed E-state index contributed by atoms with van der Waals surface area (Å²) < 4.78 is 32.0. The Bertz CT molecular complexity index is 1430. The molecule has 4 amide bonds. The molecule has 2 N–H and O–H groups in total. The lowest BCUT2D eigenvalue weighted by molar-refractivity contribution is -0.122. The van der Waals surface area contributed by atoms with Crippen molar-refractivity contribution in [3.05, 3.63) is 64.0 Å². The first-order valence-electron chi connectivity index (χ1n) is 9.90. The van der Waals surface area contributed by atoms with Gasteiger partial charge < -0.3 is 15.0 Å². The molecule has 12 heteroatoms. The van der Waals surface area contributed by atoms with Crippen LogP contribution in [0.25, 0.3) is 5.65 Å². The van der Waals surface area contributed by atoms with Gasteiger partial charge in [-0.2, -0.15) is 8.78 Å². The molecule has 1 aromatic carbocycles. The average molecular weight is 530 g/mol. The van der Waals surface area contributed by atoms with Gasteiger partial charge in [-0.1, -0.05) is 12.0 Å². The topological polar surface area (TPSA) is 105 Å². The number of carbonyl (C=O) groups is 3. The van der Waals surface area contributed by atoms with Crippen LogP contribution >= 0.6 is 15.9 Å². The molecule has 0 spiro atoms. The number of benzene rings is 1. The van der Waals surface area contributed by atoms with E-state index in [0.29, 0.717) is 16.9 Å². The third-order valence-corrected chi connectivity index (χ3v) is 5.90. The van der Waals surface area contributed by atoms with Gasteiger partial charge in [0.15, 0.2) is 0 Å². The predicted octanol–water partition coefficient (Wildman–Crippen LogP) is 2.28. The fraction of sp³-hybridized carbons (Fsp3) is 0.182. The van der Waals surface area contributed by atoms with Gasteiger partial charge >= 0.3 is 12.6 Å². The number of hydrogen-bond acceptors (Lipinski definition) is 5. The largest absolute Gasteiger partial charge is 0.435 e. The molecule has 0 aliphatic carbocycles. The van der Waals surface area contributed by atoms with E-state index in [0.717, 1.165) is 4.47 Å². The number of imide groups is 1. The summed E-state index contributed by atoms with van der Waals surface area (Å²) in [6.07, 6.45) is 3.28. The molecular weight excluding hydrogens is 516 g/mol. The maximum atomic E-state index is 13.0. The monoisotopic (exact) mass is 529 g/mol. The second kappa shape index (κ2) is 8.11. The van der Waals surface area contributed by atoms with Crippen molar-refractivity contribution in [2.24, 2.45) is 0 Å². The van der Waals surface area contributed by atoms with Crippen LogP contribution in [0.4, 0.5) is 13.6 Å². The highest BCUT2D eigenvalue weighted by atomic mass is 79.9. The van der Waals surface area contributed by atoms with Gasteiger partial charge in [0.1, 0.15) is 17.1 Å². The van der Waals surface area contributed by atoms with Crippen LogP contribution in [0.5, 0.6) is 5.75 Å². The Morgan fingerprint density at radius 1 is 1.24 bits per heavy atom. The second-order valence-corrected chi connectivity index (χ2v) is 8.56. The quantitative estimate of drug-likeness (QED) is 0.398. The fourth-order valence-electron chi connectivity index (χ4n) is 3.88. The number of urea groups is 1. The number of aromatic nitrogens is 2. The Balaban J connectivity index is 1.46. The molecule has 9 nitrogen and oxygen atoms in total. The smallest absolute Gasteiger partial charge is 0.387 e. The van der Waals surface area contributed by atoms with E-state index in [1.807, 2.05) is 6.07 Å². The molecule has 34 heavy (non-hydrogen) atoms.